The van der Waals surface area contributed by atoms with E-state index in [1.54, 1.807) is 29.2 Å². The molecule has 2 aromatic rings. The highest BCUT2D eigenvalue weighted by atomic mass is 16.5. The summed E-state index contributed by atoms with van der Waals surface area (Å²) < 4.78 is 5.23. The minimum Gasteiger partial charge on any atom is -0.354 e. The molecule has 1 aliphatic heterocycles. The summed E-state index contributed by atoms with van der Waals surface area (Å²) in [6, 6.07) is 10.7. The molecule has 0 bridgehead atoms. The third kappa shape index (κ3) is 3.53. The minimum absolute atomic E-state index is 0.148. The van der Waals surface area contributed by atoms with Crippen LogP contribution in [-0.4, -0.2) is 29.1 Å². The number of nitriles is 2. The predicted molar refractivity (Wildman–Crippen MR) is 85.2 cm³/mol. The second kappa shape index (κ2) is 6.84. The second-order valence-electron chi connectivity index (χ2n) is 5.72. The van der Waals surface area contributed by atoms with E-state index in [1.807, 2.05) is 6.07 Å². The van der Waals surface area contributed by atoms with Crippen LogP contribution < -0.4 is 5.32 Å². The standard InChI is InChI=1S/C17H15N5O2/c18-9-12-2-1-3-14(6-12)15-8-16(21-24-15)20-17(23)7-13-4-5-22(10-13)11-19/h1-3,6,8,13H,4-5,7,10H2,(H,20,21,23). The number of nitrogens with one attached hydrogen (secondary N) is 1. The van der Waals surface area contributed by atoms with Gasteiger partial charge in [0.25, 0.3) is 0 Å². The lowest BCUT2D eigenvalue weighted by Gasteiger charge is -2.08. The molecule has 1 aromatic carbocycles. The molecule has 2 heterocycles. The molecule has 120 valence electrons. The first kappa shape index (κ1) is 15.6. The zero-order chi connectivity index (χ0) is 16.9. The Kier molecular flexibility index (Phi) is 4.44. The molecular weight excluding hydrogens is 306 g/mol. The van der Waals surface area contributed by atoms with Gasteiger partial charge in [-0.1, -0.05) is 17.3 Å². The summed E-state index contributed by atoms with van der Waals surface area (Å²) >= 11 is 0. The fourth-order valence-corrected chi connectivity index (χ4v) is 2.76. The molecule has 1 amide bonds. The predicted octanol–water partition coefficient (Wildman–Crippen LogP) is 2.34. The van der Waals surface area contributed by atoms with Crippen molar-refractivity contribution >= 4 is 11.7 Å². The Bertz CT molecular complexity index is 830. The first-order chi connectivity index (χ1) is 11.7. The van der Waals surface area contributed by atoms with Gasteiger partial charge in [0.05, 0.1) is 11.6 Å². The molecule has 7 nitrogen and oxygen atoms in total. The molecule has 1 atom stereocenters. The lowest BCUT2D eigenvalue weighted by Crippen LogP contribution is -2.19. The van der Waals surface area contributed by atoms with Crippen molar-refractivity contribution in [3.8, 4) is 23.6 Å². The number of benzene rings is 1. The number of amides is 1. The van der Waals surface area contributed by atoms with Gasteiger partial charge in [-0.2, -0.15) is 10.5 Å². The summed E-state index contributed by atoms with van der Waals surface area (Å²) in [5.41, 5.74) is 1.25. The molecule has 0 spiro atoms. The number of hydrogen-bond donors (Lipinski definition) is 1. The van der Waals surface area contributed by atoms with Crippen molar-refractivity contribution < 1.29 is 9.32 Å². The number of carbonyl (C=O) groups is 1. The zero-order valence-electron chi connectivity index (χ0n) is 12.9. The first-order valence-corrected chi connectivity index (χ1v) is 7.59. The van der Waals surface area contributed by atoms with Crippen LogP contribution in [0, 0.1) is 28.7 Å². The molecule has 1 unspecified atom stereocenters. The SMILES string of the molecule is N#Cc1cccc(-c2cc(NC(=O)CC3CCN(C#N)C3)no2)c1. The quantitative estimate of drug-likeness (QED) is 0.866. The molecule has 0 radical (unpaired) electrons. The van der Waals surface area contributed by atoms with Crippen LogP contribution in [0.2, 0.25) is 0 Å². The van der Waals surface area contributed by atoms with Gasteiger partial charge in [-0.15, -0.1) is 0 Å². The Hall–Kier alpha value is -3.32. The van der Waals surface area contributed by atoms with Gasteiger partial charge in [0.1, 0.15) is 0 Å². The average molecular weight is 321 g/mol. The van der Waals surface area contributed by atoms with Gasteiger partial charge in [0.15, 0.2) is 17.8 Å². The third-order valence-electron chi connectivity index (χ3n) is 3.96. The van der Waals surface area contributed by atoms with Crippen molar-refractivity contribution in [1.82, 2.24) is 10.1 Å². The molecule has 1 saturated heterocycles. The van der Waals surface area contributed by atoms with Crippen molar-refractivity contribution in [1.29, 1.82) is 10.5 Å². The van der Waals surface area contributed by atoms with E-state index in [0.717, 1.165) is 12.0 Å². The maximum Gasteiger partial charge on any atom is 0.225 e. The van der Waals surface area contributed by atoms with Gasteiger partial charge in [0.2, 0.25) is 5.91 Å². The van der Waals surface area contributed by atoms with Gasteiger partial charge in [0, 0.05) is 31.1 Å². The maximum atomic E-state index is 12.1. The number of rotatable bonds is 4. The van der Waals surface area contributed by atoms with E-state index in [-0.39, 0.29) is 11.8 Å². The van der Waals surface area contributed by atoms with Crippen molar-refractivity contribution in [3.05, 3.63) is 35.9 Å². The van der Waals surface area contributed by atoms with Crippen LogP contribution in [-0.2, 0) is 4.79 Å². The van der Waals surface area contributed by atoms with Crippen LogP contribution in [0.25, 0.3) is 11.3 Å². The number of hydrogen-bond acceptors (Lipinski definition) is 6. The molecule has 3 rings (SSSR count). The van der Waals surface area contributed by atoms with E-state index < -0.39 is 0 Å². The molecule has 1 N–H and O–H groups in total. The van der Waals surface area contributed by atoms with Crippen LogP contribution in [0.4, 0.5) is 5.82 Å². The summed E-state index contributed by atoms with van der Waals surface area (Å²) in [5.74, 6) is 0.861. The van der Waals surface area contributed by atoms with Crippen LogP contribution in [0.5, 0.6) is 0 Å². The number of anilines is 1. The fraction of sp³-hybridized carbons (Fsp3) is 0.294. The topological polar surface area (TPSA) is 106 Å². The monoisotopic (exact) mass is 321 g/mol. The van der Waals surface area contributed by atoms with E-state index in [0.29, 0.717) is 36.7 Å². The molecule has 0 saturated carbocycles. The van der Waals surface area contributed by atoms with Crippen molar-refractivity contribution in [3.63, 3.8) is 0 Å². The Morgan fingerprint density at radius 3 is 3.04 bits per heavy atom. The van der Waals surface area contributed by atoms with Crippen LogP contribution >= 0.6 is 0 Å². The van der Waals surface area contributed by atoms with E-state index in [9.17, 15) is 4.79 Å². The summed E-state index contributed by atoms with van der Waals surface area (Å²) in [6.07, 6.45) is 3.29. The Balaban J connectivity index is 1.61. The van der Waals surface area contributed by atoms with Gasteiger partial charge >= 0.3 is 0 Å². The Labute approximate surface area is 139 Å². The van der Waals surface area contributed by atoms with Crippen LogP contribution in [0.3, 0.4) is 0 Å². The second-order valence-corrected chi connectivity index (χ2v) is 5.72. The summed E-state index contributed by atoms with van der Waals surface area (Å²) in [7, 11) is 0. The van der Waals surface area contributed by atoms with Crippen LogP contribution in [0.15, 0.2) is 34.9 Å². The minimum atomic E-state index is -0.148. The maximum absolute atomic E-state index is 12.1. The average Bonchev–Trinajstić information content (AvgIpc) is 3.24. The number of aromatic nitrogens is 1. The molecule has 1 aliphatic rings. The highest BCUT2D eigenvalue weighted by Crippen LogP contribution is 2.24. The van der Waals surface area contributed by atoms with E-state index >= 15 is 0 Å². The molecule has 1 aromatic heterocycles. The molecule has 1 fully saturated rings. The number of carbonyl (C=O) groups excluding carboxylic acids is 1. The molecule has 7 heteroatoms. The number of nitrogens with zero attached hydrogens (tertiary/aromatic N) is 4. The van der Waals surface area contributed by atoms with Gasteiger partial charge in [-0.05, 0) is 24.5 Å². The lowest BCUT2D eigenvalue weighted by atomic mass is 10.0. The van der Waals surface area contributed by atoms with E-state index in [1.165, 1.54) is 0 Å². The lowest BCUT2D eigenvalue weighted by molar-refractivity contribution is -0.117. The highest BCUT2D eigenvalue weighted by Gasteiger charge is 2.24. The van der Waals surface area contributed by atoms with Gasteiger partial charge in [-0.25, -0.2) is 0 Å². The van der Waals surface area contributed by atoms with Crippen molar-refractivity contribution in [2.75, 3.05) is 18.4 Å². The van der Waals surface area contributed by atoms with Gasteiger partial charge in [-0.3, -0.25) is 4.79 Å². The molecule has 24 heavy (non-hydrogen) atoms. The van der Waals surface area contributed by atoms with Crippen molar-refractivity contribution in [2.45, 2.75) is 12.8 Å². The first-order valence-electron chi connectivity index (χ1n) is 7.59. The van der Waals surface area contributed by atoms with Crippen LogP contribution in [0.1, 0.15) is 18.4 Å². The summed E-state index contributed by atoms with van der Waals surface area (Å²) in [5, 5.41) is 24.3. The largest absolute Gasteiger partial charge is 0.354 e. The highest BCUT2D eigenvalue weighted by molar-refractivity contribution is 5.90. The smallest absolute Gasteiger partial charge is 0.225 e. The van der Waals surface area contributed by atoms with E-state index in [2.05, 4.69) is 22.7 Å². The Morgan fingerprint density at radius 1 is 1.42 bits per heavy atom. The normalized spacial score (nSPS) is 16.4. The van der Waals surface area contributed by atoms with Gasteiger partial charge < -0.3 is 14.7 Å². The summed E-state index contributed by atoms with van der Waals surface area (Å²) in [6.45, 7) is 1.33. The molecule has 0 aliphatic carbocycles. The van der Waals surface area contributed by atoms with E-state index in [4.69, 9.17) is 15.0 Å². The molecular formula is C17H15N5O2. The zero-order valence-corrected chi connectivity index (χ0v) is 12.9. The third-order valence-corrected chi connectivity index (χ3v) is 3.96. The summed E-state index contributed by atoms with van der Waals surface area (Å²) in [4.78, 5) is 13.7. The fourth-order valence-electron chi connectivity index (χ4n) is 2.76. The Morgan fingerprint density at radius 2 is 2.29 bits per heavy atom. The van der Waals surface area contributed by atoms with Crippen molar-refractivity contribution in [2.24, 2.45) is 5.92 Å². The number of likely N-dealkylation sites (tertiary alicyclic amines) is 1.